The molecule has 114 valence electrons. The highest BCUT2D eigenvalue weighted by Gasteiger charge is 2.19. The molecule has 1 unspecified atom stereocenters. The molecular formula is C14H23BrN2O2S. The highest BCUT2D eigenvalue weighted by molar-refractivity contribution is 9.10. The van der Waals surface area contributed by atoms with E-state index in [0.717, 1.165) is 25.7 Å². The number of rotatable bonds is 8. The van der Waals surface area contributed by atoms with Gasteiger partial charge in [-0.25, -0.2) is 13.1 Å². The van der Waals surface area contributed by atoms with Crippen LogP contribution >= 0.6 is 15.9 Å². The highest BCUT2D eigenvalue weighted by Crippen LogP contribution is 2.24. The largest absolute Gasteiger partial charge is 0.399 e. The van der Waals surface area contributed by atoms with Crippen LogP contribution in [-0.4, -0.2) is 15.0 Å². The molecular weight excluding hydrogens is 340 g/mol. The van der Waals surface area contributed by atoms with Gasteiger partial charge in [-0.2, -0.15) is 0 Å². The number of unbranched alkanes of at least 4 members (excludes halogenated alkanes) is 1. The van der Waals surface area contributed by atoms with Gasteiger partial charge in [0.1, 0.15) is 0 Å². The molecule has 0 aromatic heterocycles. The SMILES string of the molecule is CCCCC(CC)CNS(=O)(=O)c1ccc(N)cc1Br. The molecule has 3 N–H and O–H groups in total. The van der Waals surface area contributed by atoms with Gasteiger partial charge < -0.3 is 5.73 Å². The molecule has 0 saturated carbocycles. The van der Waals surface area contributed by atoms with Crippen LogP contribution in [0.25, 0.3) is 0 Å². The first-order chi connectivity index (χ1) is 9.40. The van der Waals surface area contributed by atoms with E-state index in [-0.39, 0.29) is 4.90 Å². The van der Waals surface area contributed by atoms with Gasteiger partial charge in [0.2, 0.25) is 10.0 Å². The second kappa shape index (κ2) is 8.00. The van der Waals surface area contributed by atoms with Gasteiger partial charge in [-0.3, -0.25) is 0 Å². The number of anilines is 1. The molecule has 1 atom stereocenters. The van der Waals surface area contributed by atoms with Gasteiger partial charge in [0.05, 0.1) is 4.90 Å². The predicted molar refractivity (Wildman–Crippen MR) is 87.0 cm³/mol. The summed E-state index contributed by atoms with van der Waals surface area (Å²) in [5.74, 6) is 0.386. The summed E-state index contributed by atoms with van der Waals surface area (Å²) in [5.41, 5.74) is 6.16. The fourth-order valence-corrected chi connectivity index (χ4v) is 4.19. The van der Waals surface area contributed by atoms with Crippen LogP contribution in [0, 0.1) is 5.92 Å². The van der Waals surface area contributed by atoms with Gasteiger partial charge >= 0.3 is 0 Å². The Morgan fingerprint density at radius 3 is 2.60 bits per heavy atom. The zero-order valence-corrected chi connectivity index (χ0v) is 14.4. The van der Waals surface area contributed by atoms with Crippen LogP contribution in [0.5, 0.6) is 0 Å². The smallest absolute Gasteiger partial charge is 0.241 e. The van der Waals surface area contributed by atoms with E-state index >= 15 is 0 Å². The molecule has 0 amide bonds. The number of nitrogen functional groups attached to an aromatic ring is 1. The van der Waals surface area contributed by atoms with E-state index in [9.17, 15) is 8.42 Å². The van der Waals surface area contributed by atoms with E-state index in [1.54, 1.807) is 12.1 Å². The number of benzene rings is 1. The van der Waals surface area contributed by atoms with Crippen molar-refractivity contribution < 1.29 is 8.42 Å². The maximum absolute atomic E-state index is 12.3. The molecule has 0 aliphatic heterocycles. The van der Waals surface area contributed by atoms with Crippen molar-refractivity contribution in [2.75, 3.05) is 12.3 Å². The molecule has 4 nitrogen and oxygen atoms in total. The summed E-state index contributed by atoms with van der Waals surface area (Å²) in [5, 5.41) is 0. The van der Waals surface area contributed by atoms with E-state index in [0.29, 0.717) is 22.6 Å². The fraction of sp³-hybridized carbons (Fsp3) is 0.571. The Morgan fingerprint density at radius 1 is 1.35 bits per heavy atom. The Bertz CT molecular complexity index is 532. The van der Waals surface area contributed by atoms with E-state index in [1.165, 1.54) is 6.07 Å². The van der Waals surface area contributed by atoms with Gasteiger partial charge in [-0.1, -0.05) is 33.1 Å². The van der Waals surface area contributed by atoms with Crippen molar-refractivity contribution >= 4 is 31.6 Å². The minimum Gasteiger partial charge on any atom is -0.399 e. The first kappa shape index (κ1) is 17.5. The monoisotopic (exact) mass is 362 g/mol. The maximum atomic E-state index is 12.3. The van der Waals surface area contributed by atoms with Gasteiger partial charge in [0, 0.05) is 16.7 Å². The molecule has 0 aliphatic carbocycles. The summed E-state index contributed by atoms with van der Waals surface area (Å²) in [6.07, 6.45) is 4.29. The van der Waals surface area contributed by atoms with E-state index in [2.05, 4.69) is 34.5 Å². The number of nitrogens with one attached hydrogen (secondary N) is 1. The molecule has 6 heteroatoms. The van der Waals surface area contributed by atoms with Crippen LogP contribution in [0.2, 0.25) is 0 Å². The molecule has 0 spiro atoms. The third-order valence-corrected chi connectivity index (χ3v) is 5.75. The molecule has 1 rings (SSSR count). The van der Waals surface area contributed by atoms with Gasteiger partial charge in [0.25, 0.3) is 0 Å². The quantitative estimate of drug-likeness (QED) is 0.694. The zero-order chi connectivity index (χ0) is 15.2. The summed E-state index contributed by atoms with van der Waals surface area (Å²) < 4.78 is 27.7. The van der Waals surface area contributed by atoms with Crippen molar-refractivity contribution in [2.24, 2.45) is 5.92 Å². The number of hydrogen-bond donors (Lipinski definition) is 2. The number of nitrogens with two attached hydrogens (primary N) is 1. The van der Waals surface area contributed by atoms with Gasteiger partial charge in [0.15, 0.2) is 0 Å². The average molecular weight is 363 g/mol. The van der Waals surface area contributed by atoms with Crippen molar-refractivity contribution in [1.29, 1.82) is 0 Å². The van der Waals surface area contributed by atoms with Crippen molar-refractivity contribution in [3.8, 4) is 0 Å². The maximum Gasteiger partial charge on any atom is 0.241 e. The second-order valence-electron chi connectivity index (χ2n) is 4.96. The lowest BCUT2D eigenvalue weighted by Crippen LogP contribution is -2.29. The van der Waals surface area contributed by atoms with Gasteiger partial charge in [-0.15, -0.1) is 0 Å². The third kappa shape index (κ3) is 5.07. The van der Waals surface area contributed by atoms with Crippen LogP contribution in [0.4, 0.5) is 5.69 Å². The van der Waals surface area contributed by atoms with Crippen LogP contribution in [0.15, 0.2) is 27.6 Å². The van der Waals surface area contributed by atoms with Crippen molar-refractivity contribution in [1.82, 2.24) is 4.72 Å². The molecule has 1 aromatic carbocycles. The van der Waals surface area contributed by atoms with Crippen LogP contribution < -0.4 is 10.5 Å². The summed E-state index contributed by atoms with van der Waals surface area (Å²) in [4.78, 5) is 0.233. The van der Waals surface area contributed by atoms with Crippen molar-refractivity contribution in [3.63, 3.8) is 0 Å². The average Bonchev–Trinajstić information content (AvgIpc) is 2.38. The summed E-state index contributed by atoms with van der Waals surface area (Å²) >= 11 is 3.25. The standard InChI is InChI=1S/C14H23BrN2O2S/c1-3-5-6-11(4-2)10-17-20(18,19)14-8-7-12(16)9-13(14)15/h7-9,11,17H,3-6,10,16H2,1-2H3. The minimum atomic E-state index is -3.49. The summed E-state index contributed by atoms with van der Waals surface area (Å²) in [7, 11) is -3.49. The molecule has 0 aliphatic rings. The molecule has 20 heavy (non-hydrogen) atoms. The lowest BCUT2D eigenvalue weighted by molar-refractivity contribution is 0.443. The Morgan fingerprint density at radius 2 is 2.05 bits per heavy atom. The minimum absolute atomic E-state index is 0.233. The van der Waals surface area contributed by atoms with E-state index < -0.39 is 10.0 Å². The van der Waals surface area contributed by atoms with Crippen molar-refractivity contribution in [2.45, 2.75) is 44.4 Å². The number of sulfonamides is 1. The second-order valence-corrected chi connectivity index (χ2v) is 7.55. The number of hydrogen-bond acceptors (Lipinski definition) is 3. The van der Waals surface area contributed by atoms with Crippen LogP contribution in [0.1, 0.15) is 39.5 Å². The summed E-state index contributed by atoms with van der Waals surface area (Å²) in [6.45, 7) is 4.71. The molecule has 1 aromatic rings. The molecule has 0 saturated heterocycles. The van der Waals surface area contributed by atoms with Crippen LogP contribution in [-0.2, 0) is 10.0 Å². The lowest BCUT2D eigenvalue weighted by Gasteiger charge is -2.16. The van der Waals surface area contributed by atoms with Crippen LogP contribution in [0.3, 0.4) is 0 Å². The Kier molecular flexibility index (Phi) is 6.99. The summed E-state index contributed by atoms with van der Waals surface area (Å²) in [6, 6.07) is 4.71. The zero-order valence-electron chi connectivity index (χ0n) is 12.0. The highest BCUT2D eigenvalue weighted by atomic mass is 79.9. The molecule has 0 radical (unpaired) electrons. The fourth-order valence-electron chi connectivity index (χ4n) is 1.98. The first-order valence-electron chi connectivity index (χ1n) is 6.95. The molecule has 0 bridgehead atoms. The van der Waals surface area contributed by atoms with Gasteiger partial charge in [-0.05, 0) is 46.5 Å². The molecule has 0 heterocycles. The topological polar surface area (TPSA) is 72.2 Å². The Hall–Kier alpha value is -0.590. The van der Waals surface area contributed by atoms with E-state index in [1.807, 2.05) is 0 Å². The van der Waals surface area contributed by atoms with Crippen molar-refractivity contribution in [3.05, 3.63) is 22.7 Å². The first-order valence-corrected chi connectivity index (χ1v) is 9.23. The third-order valence-electron chi connectivity index (χ3n) is 3.35. The Labute approximate surface area is 130 Å². The number of halogens is 1. The molecule has 0 fully saturated rings. The van der Waals surface area contributed by atoms with E-state index in [4.69, 9.17) is 5.73 Å². The Balaban J connectivity index is 2.74. The predicted octanol–water partition coefficient (Wildman–Crippen LogP) is 3.53. The lowest BCUT2D eigenvalue weighted by atomic mass is 10.00. The normalized spacial score (nSPS) is 13.3.